The molecule has 0 aliphatic rings. The third-order valence-electron chi connectivity index (χ3n) is 8.01. The van der Waals surface area contributed by atoms with E-state index in [0.29, 0.717) is 17.4 Å². The summed E-state index contributed by atoms with van der Waals surface area (Å²) in [6, 6.07) is -0.835. The molecule has 3 unspecified atom stereocenters. The maximum Gasteiger partial charge on any atom is 0.472 e. The van der Waals surface area contributed by atoms with Crippen LogP contribution in [-0.4, -0.2) is 73.4 Å². The lowest BCUT2D eigenvalue weighted by Crippen LogP contribution is -2.45. The van der Waals surface area contributed by atoms with Crippen LogP contribution in [0.4, 0.5) is 0 Å². The molecule has 0 aliphatic heterocycles. The highest BCUT2D eigenvalue weighted by molar-refractivity contribution is 7.47. The molecule has 3 atom stereocenters. The molecule has 44 heavy (non-hydrogen) atoms. The van der Waals surface area contributed by atoms with Crippen molar-refractivity contribution in [2.24, 2.45) is 0 Å². The Bertz CT molecular complexity index is 743. The van der Waals surface area contributed by atoms with Gasteiger partial charge in [0.1, 0.15) is 13.2 Å². The van der Waals surface area contributed by atoms with Gasteiger partial charge in [0.25, 0.3) is 0 Å². The van der Waals surface area contributed by atoms with E-state index < -0.39 is 20.0 Å². The molecule has 0 bridgehead atoms. The third-order valence-corrected chi connectivity index (χ3v) is 8.99. The van der Waals surface area contributed by atoms with Gasteiger partial charge in [-0.1, -0.05) is 142 Å². The van der Waals surface area contributed by atoms with Gasteiger partial charge in [-0.3, -0.25) is 13.8 Å². The molecule has 262 valence electrons. The normalized spacial score (nSPS) is 15.0. The minimum Gasteiger partial charge on any atom is -0.387 e. The second-order valence-electron chi connectivity index (χ2n) is 13.6. The van der Waals surface area contributed by atoms with Gasteiger partial charge in [0, 0.05) is 6.42 Å². The van der Waals surface area contributed by atoms with E-state index in [2.05, 4.69) is 19.2 Å². The SMILES string of the molecule is CCCCCCCCCCCCCCCCCCC/C=C/C(O)C(COP(=O)(O)OCC[N+](C)(C)C)NC(=O)CCCCC. The molecule has 0 heterocycles. The van der Waals surface area contributed by atoms with Crippen LogP contribution >= 0.6 is 7.82 Å². The van der Waals surface area contributed by atoms with Crippen LogP contribution in [0, 0.1) is 0 Å². The van der Waals surface area contributed by atoms with E-state index in [1.807, 2.05) is 27.2 Å². The number of nitrogens with one attached hydrogen (secondary N) is 1. The predicted molar refractivity (Wildman–Crippen MR) is 185 cm³/mol. The van der Waals surface area contributed by atoms with Gasteiger partial charge in [-0.15, -0.1) is 0 Å². The van der Waals surface area contributed by atoms with Crippen molar-refractivity contribution in [3.8, 4) is 0 Å². The number of aliphatic hydroxyl groups excluding tert-OH is 1. The number of amides is 1. The molecule has 0 rings (SSSR count). The number of unbranched alkanes of at least 4 members (excludes halogenated alkanes) is 19. The number of nitrogens with zero attached hydrogens (tertiary/aromatic N) is 1. The Balaban J connectivity index is 4.20. The van der Waals surface area contributed by atoms with E-state index in [1.54, 1.807) is 6.08 Å². The Labute approximate surface area is 272 Å². The van der Waals surface area contributed by atoms with Crippen LogP contribution in [0.5, 0.6) is 0 Å². The fourth-order valence-corrected chi connectivity index (χ4v) is 5.77. The molecule has 0 aromatic carbocycles. The summed E-state index contributed by atoms with van der Waals surface area (Å²) in [4.78, 5) is 22.5. The summed E-state index contributed by atoms with van der Waals surface area (Å²) in [7, 11) is 1.57. The first-order valence-electron chi connectivity index (χ1n) is 18.1. The van der Waals surface area contributed by atoms with Gasteiger partial charge in [0.15, 0.2) is 0 Å². The quantitative estimate of drug-likeness (QED) is 0.0292. The lowest BCUT2D eigenvalue weighted by Gasteiger charge is -2.25. The Morgan fingerprint density at radius 3 is 1.68 bits per heavy atom. The van der Waals surface area contributed by atoms with Crippen LogP contribution in [0.15, 0.2) is 12.2 Å². The monoisotopic (exact) mass is 648 g/mol. The number of rotatable bonds is 32. The van der Waals surface area contributed by atoms with Crippen molar-refractivity contribution in [3.05, 3.63) is 12.2 Å². The maximum absolute atomic E-state index is 12.4. The first-order chi connectivity index (χ1) is 21.0. The van der Waals surface area contributed by atoms with Crippen LogP contribution in [0.2, 0.25) is 0 Å². The lowest BCUT2D eigenvalue weighted by atomic mass is 10.0. The van der Waals surface area contributed by atoms with Crippen LogP contribution in [0.3, 0.4) is 0 Å². The van der Waals surface area contributed by atoms with Gasteiger partial charge in [-0.2, -0.15) is 0 Å². The maximum atomic E-state index is 12.4. The van der Waals surface area contributed by atoms with E-state index in [9.17, 15) is 19.4 Å². The molecule has 0 spiro atoms. The van der Waals surface area contributed by atoms with Crippen molar-refractivity contribution >= 4 is 13.7 Å². The number of phosphoric ester groups is 1. The number of allylic oxidation sites excluding steroid dienone is 1. The number of carbonyl (C=O) groups is 1. The van der Waals surface area contributed by atoms with Crippen molar-refractivity contribution in [1.82, 2.24) is 5.32 Å². The van der Waals surface area contributed by atoms with Crippen LogP contribution in [0.1, 0.15) is 155 Å². The average molecular weight is 648 g/mol. The van der Waals surface area contributed by atoms with Crippen LogP contribution < -0.4 is 5.32 Å². The molecule has 0 aromatic heterocycles. The molecule has 0 fully saturated rings. The number of hydrogen-bond acceptors (Lipinski definition) is 5. The minimum absolute atomic E-state index is 0.0626. The van der Waals surface area contributed by atoms with Crippen molar-refractivity contribution in [3.63, 3.8) is 0 Å². The standard InChI is InChI=1S/C35H71N2O6P/c1-6-8-10-11-12-13-14-15-16-17-18-19-20-21-22-23-24-25-27-28-34(38)33(36-35(39)29-26-9-7-2)32-43-44(40,41)42-31-30-37(3,4)5/h27-28,33-34,38H,6-26,29-32H2,1-5H3,(H-,36,39,40,41)/p+1/b28-27+. The Kier molecular flexibility index (Phi) is 28.0. The minimum atomic E-state index is -4.31. The zero-order valence-corrected chi connectivity index (χ0v) is 30.3. The summed E-state index contributed by atoms with van der Waals surface area (Å²) in [5, 5.41) is 13.5. The Morgan fingerprint density at radius 1 is 0.750 bits per heavy atom. The largest absolute Gasteiger partial charge is 0.472 e. The number of carbonyl (C=O) groups excluding carboxylic acids is 1. The Hall–Kier alpha value is -0.760. The van der Waals surface area contributed by atoms with E-state index in [4.69, 9.17) is 9.05 Å². The molecule has 0 aliphatic carbocycles. The molecule has 0 radical (unpaired) electrons. The van der Waals surface area contributed by atoms with Crippen LogP contribution in [-0.2, 0) is 18.4 Å². The Morgan fingerprint density at radius 2 is 1.20 bits per heavy atom. The highest BCUT2D eigenvalue weighted by atomic mass is 31.2. The number of aliphatic hydroxyl groups is 1. The average Bonchev–Trinajstić information content (AvgIpc) is 2.95. The number of likely N-dealkylation sites (N-methyl/N-ethyl adjacent to an activating group) is 1. The topological polar surface area (TPSA) is 105 Å². The van der Waals surface area contributed by atoms with Crippen molar-refractivity contribution in [1.29, 1.82) is 0 Å². The summed E-state index contributed by atoms with van der Waals surface area (Å²) in [6.07, 6.45) is 29.2. The second-order valence-corrected chi connectivity index (χ2v) is 15.1. The zero-order chi connectivity index (χ0) is 32.9. The third kappa shape index (κ3) is 29.9. The van der Waals surface area contributed by atoms with Gasteiger partial charge in [0.2, 0.25) is 5.91 Å². The molecule has 1 amide bonds. The highest BCUT2D eigenvalue weighted by Crippen LogP contribution is 2.43. The molecular formula is C35H72N2O6P+. The van der Waals surface area contributed by atoms with Gasteiger partial charge in [-0.25, -0.2) is 4.57 Å². The van der Waals surface area contributed by atoms with Crippen molar-refractivity contribution in [2.75, 3.05) is 40.9 Å². The van der Waals surface area contributed by atoms with Crippen molar-refractivity contribution in [2.45, 2.75) is 167 Å². The van der Waals surface area contributed by atoms with Gasteiger partial charge < -0.3 is 19.8 Å². The fourth-order valence-electron chi connectivity index (χ4n) is 5.04. The van der Waals surface area contributed by atoms with E-state index in [-0.39, 0.29) is 19.1 Å². The smallest absolute Gasteiger partial charge is 0.387 e. The first-order valence-corrected chi connectivity index (χ1v) is 19.6. The van der Waals surface area contributed by atoms with Gasteiger partial charge in [-0.05, 0) is 19.3 Å². The summed E-state index contributed by atoms with van der Waals surface area (Å²) >= 11 is 0. The molecule has 0 aromatic rings. The fraction of sp³-hybridized carbons (Fsp3) is 0.914. The van der Waals surface area contributed by atoms with E-state index in [1.165, 1.54) is 96.3 Å². The molecule has 9 heteroatoms. The summed E-state index contributed by atoms with van der Waals surface area (Å²) in [5.41, 5.74) is 0. The predicted octanol–water partition coefficient (Wildman–Crippen LogP) is 8.85. The summed E-state index contributed by atoms with van der Waals surface area (Å²) in [6.45, 7) is 4.63. The summed E-state index contributed by atoms with van der Waals surface area (Å²) < 4.78 is 23.2. The first kappa shape index (κ1) is 43.2. The number of quaternary nitrogens is 1. The van der Waals surface area contributed by atoms with Crippen LogP contribution in [0.25, 0.3) is 0 Å². The summed E-state index contributed by atoms with van der Waals surface area (Å²) in [5.74, 6) is -0.202. The molecule has 3 N–H and O–H groups in total. The van der Waals surface area contributed by atoms with Crippen molar-refractivity contribution < 1.29 is 32.9 Å². The molecule has 0 saturated heterocycles. The van der Waals surface area contributed by atoms with Gasteiger partial charge >= 0.3 is 7.82 Å². The molecule has 0 saturated carbocycles. The molecular weight excluding hydrogens is 575 g/mol. The molecule has 8 nitrogen and oxygen atoms in total. The zero-order valence-electron chi connectivity index (χ0n) is 29.4. The number of hydrogen-bond donors (Lipinski definition) is 3. The second kappa shape index (κ2) is 28.5. The lowest BCUT2D eigenvalue weighted by molar-refractivity contribution is -0.870. The highest BCUT2D eigenvalue weighted by Gasteiger charge is 2.27. The van der Waals surface area contributed by atoms with Gasteiger partial charge in [0.05, 0.1) is 39.9 Å². The van der Waals surface area contributed by atoms with E-state index >= 15 is 0 Å². The van der Waals surface area contributed by atoms with E-state index in [0.717, 1.165) is 38.5 Å². The number of phosphoric acid groups is 1.